The van der Waals surface area contributed by atoms with Crippen molar-refractivity contribution in [1.29, 1.82) is 0 Å². The van der Waals surface area contributed by atoms with Gasteiger partial charge in [0.15, 0.2) is 6.10 Å². The normalized spacial score (nSPS) is 11.7. The van der Waals surface area contributed by atoms with Gasteiger partial charge in [0.1, 0.15) is 5.75 Å². The van der Waals surface area contributed by atoms with E-state index in [1.165, 1.54) is 0 Å². The molecule has 2 N–H and O–H groups in total. The summed E-state index contributed by atoms with van der Waals surface area (Å²) in [5, 5.41) is 4.59. The molecule has 0 aliphatic heterocycles. The third-order valence-electron chi connectivity index (χ3n) is 3.63. The quantitative estimate of drug-likeness (QED) is 0.753. The van der Waals surface area contributed by atoms with Gasteiger partial charge in [-0.1, -0.05) is 11.6 Å². The monoisotopic (exact) mass is 380 g/mol. The highest BCUT2D eigenvalue weighted by Gasteiger charge is 2.18. The Hall–Kier alpha value is -2.05. The number of aryl methyl sites for hydroxylation is 3. The van der Waals surface area contributed by atoms with Crippen molar-refractivity contribution >= 4 is 34.8 Å². The van der Waals surface area contributed by atoms with Crippen molar-refractivity contribution in [1.82, 2.24) is 10.9 Å². The van der Waals surface area contributed by atoms with Crippen molar-refractivity contribution in [2.45, 2.75) is 39.7 Å². The summed E-state index contributed by atoms with van der Waals surface area (Å²) < 4.78 is 5.72. The highest BCUT2D eigenvalue weighted by molar-refractivity contribution is 7.07. The molecule has 0 aliphatic rings. The Labute approximate surface area is 156 Å². The fourth-order valence-electron chi connectivity index (χ4n) is 2.30. The smallest absolute Gasteiger partial charge is 0.279 e. The maximum Gasteiger partial charge on any atom is 0.279 e. The van der Waals surface area contributed by atoms with Crippen LogP contribution in [0.15, 0.2) is 29.0 Å². The van der Waals surface area contributed by atoms with Crippen LogP contribution in [-0.2, 0) is 16.0 Å². The van der Waals surface area contributed by atoms with Crippen LogP contribution >= 0.6 is 22.9 Å². The van der Waals surface area contributed by atoms with Crippen molar-refractivity contribution < 1.29 is 14.3 Å². The number of hydrazine groups is 1. The van der Waals surface area contributed by atoms with Gasteiger partial charge in [0.2, 0.25) is 5.91 Å². The van der Waals surface area contributed by atoms with Gasteiger partial charge >= 0.3 is 0 Å². The van der Waals surface area contributed by atoms with E-state index in [4.69, 9.17) is 16.3 Å². The molecule has 0 saturated carbocycles. The van der Waals surface area contributed by atoms with Crippen molar-refractivity contribution in [2.75, 3.05) is 0 Å². The second-order valence-corrected chi connectivity index (χ2v) is 7.01. The summed E-state index contributed by atoms with van der Waals surface area (Å²) in [5.41, 5.74) is 7.62. The van der Waals surface area contributed by atoms with Gasteiger partial charge in [-0.25, -0.2) is 0 Å². The first-order chi connectivity index (χ1) is 11.9. The van der Waals surface area contributed by atoms with E-state index in [0.717, 1.165) is 16.7 Å². The molecule has 0 saturated heterocycles. The first kappa shape index (κ1) is 19.3. The highest BCUT2D eigenvalue weighted by atomic mass is 35.5. The molecule has 1 heterocycles. The van der Waals surface area contributed by atoms with Crippen molar-refractivity contribution in [3.05, 3.63) is 50.7 Å². The van der Waals surface area contributed by atoms with Gasteiger partial charge in [-0.3, -0.25) is 20.4 Å². The Morgan fingerprint density at radius 2 is 1.92 bits per heavy atom. The summed E-state index contributed by atoms with van der Waals surface area (Å²) in [6, 6.07) is 5.53. The second kappa shape index (κ2) is 8.87. The molecule has 7 heteroatoms. The zero-order valence-corrected chi connectivity index (χ0v) is 16.0. The molecule has 2 rings (SSSR count). The molecule has 5 nitrogen and oxygen atoms in total. The van der Waals surface area contributed by atoms with Gasteiger partial charge in [-0.05, 0) is 72.8 Å². The number of amides is 2. The number of rotatable bonds is 6. The van der Waals surface area contributed by atoms with Crippen molar-refractivity contribution in [2.24, 2.45) is 0 Å². The van der Waals surface area contributed by atoms with Crippen LogP contribution in [0.4, 0.5) is 0 Å². The van der Waals surface area contributed by atoms with Crippen LogP contribution in [0, 0.1) is 13.8 Å². The van der Waals surface area contributed by atoms with E-state index < -0.39 is 12.0 Å². The topological polar surface area (TPSA) is 67.4 Å². The summed E-state index contributed by atoms with van der Waals surface area (Å²) in [5.74, 6) is -0.0425. The lowest BCUT2D eigenvalue weighted by atomic mass is 10.1. The first-order valence-corrected chi connectivity index (χ1v) is 9.22. The maximum absolute atomic E-state index is 12.1. The lowest BCUT2D eigenvalue weighted by Gasteiger charge is -2.18. The fraction of sp³-hybridized carbons (Fsp3) is 0.333. The molecule has 1 atom stereocenters. The van der Waals surface area contributed by atoms with E-state index in [1.807, 2.05) is 30.7 Å². The van der Waals surface area contributed by atoms with E-state index >= 15 is 0 Å². The fourth-order valence-corrected chi connectivity index (χ4v) is 3.33. The zero-order chi connectivity index (χ0) is 18.4. The van der Waals surface area contributed by atoms with E-state index in [-0.39, 0.29) is 5.91 Å². The van der Waals surface area contributed by atoms with E-state index in [9.17, 15) is 9.59 Å². The SMILES string of the molecule is Cc1cc(Cl)cc(C)c1OC(C)C(=O)NNC(=O)CCc1ccsc1. The highest BCUT2D eigenvalue weighted by Crippen LogP contribution is 2.27. The molecule has 2 amide bonds. The minimum atomic E-state index is -0.754. The van der Waals surface area contributed by atoms with E-state index in [1.54, 1.807) is 30.4 Å². The van der Waals surface area contributed by atoms with Crippen LogP contribution < -0.4 is 15.6 Å². The van der Waals surface area contributed by atoms with Crippen molar-refractivity contribution in [3.63, 3.8) is 0 Å². The molecule has 0 radical (unpaired) electrons. The molecule has 1 aromatic carbocycles. The Balaban J connectivity index is 1.81. The molecule has 134 valence electrons. The molecule has 2 aromatic rings. The van der Waals surface area contributed by atoms with Gasteiger partial charge in [0, 0.05) is 11.4 Å². The number of ether oxygens (including phenoxy) is 1. The minimum Gasteiger partial charge on any atom is -0.480 e. The molecule has 25 heavy (non-hydrogen) atoms. The van der Waals surface area contributed by atoms with Crippen LogP contribution in [-0.4, -0.2) is 17.9 Å². The number of thiophene rings is 1. The Kier molecular flexibility index (Phi) is 6.84. The lowest BCUT2D eigenvalue weighted by molar-refractivity contribution is -0.132. The molecular weight excluding hydrogens is 360 g/mol. The molecule has 0 aliphatic carbocycles. The van der Waals surface area contributed by atoms with Crippen LogP contribution in [0.2, 0.25) is 5.02 Å². The van der Waals surface area contributed by atoms with Gasteiger partial charge in [-0.2, -0.15) is 11.3 Å². The van der Waals surface area contributed by atoms with Gasteiger partial charge in [0.05, 0.1) is 0 Å². The van der Waals surface area contributed by atoms with Crippen LogP contribution in [0.25, 0.3) is 0 Å². The zero-order valence-electron chi connectivity index (χ0n) is 14.4. The predicted molar refractivity (Wildman–Crippen MR) is 99.9 cm³/mol. The molecule has 0 fully saturated rings. The summed E-state index contributed by atoms with van der Waals surface area (Å²) in [7, 11) is 0. The molecule has 0 spiro atoms. The lowest BCUT2D eigenvalue weighted by Crippen LogP contribution is -2.47. The summed E-state index contributed by atoms with van der Waals surface area (Å²) in [4.78, 5) is 23.9. The molecular formula is C18H21ClN2O3S. The molecule has 1 unspecified atom stereocenters. The standard InChI is InChI=1S/C18H21ClN2O3S/c1-11-8-15(19)9-12(2)17(11)24-13(3)18(23)21-20-16(22)5-4-14-6-7-25-10-14/h6-10,13H,4-5H2,1-3H3,(H,20,22)(H,21,23). The Bertz CT molecular complexity index is 724. The van der Waals surface area contributed by atoms with Crippen LogP contribution in [0.1, 0.15) is 30.0 Å². The number of hydrogen-bond donors (Lipinski definition) is 2. The van der Waals surface area contributed by atoms with E-state index in [2.05, 4.69) is 10.9 Å². The Morgan fingerprint density at radius 3 is 2.52 bits per heavy atom. The minimum absolute atomic E-state index is 0.245. The van der Waals surface area contributed by atoms with Crippen LogP contribution in [0.3, 0.4) is 0 Å². The number of benzene rings is 1. The van der Waals surface area contributed by atoms with Crippen LogP contribution in [0.5, 0.6) is 5.75 Å². The average Bonchev–Trinajstić information content (AvgIpc) is 3.07. The van der Waals surface area contributed by atoms with E-state index in [0.29, 0.717) is 23.6 Å². The largest absolute Gasteiger partial charge is 0.480 e. The maximum atomic E-state index is 12.1. The number of nitrogens with one attached hydrogen (secondary N) is 2. The second-order valence-electron chi connectivity index (χ2n) is 5.80. The van der Waals surface area contributed by atoms with Crippen molar-refractivity contribution in [3.8, 4) is 5.75 Å². The predicted octanol–water partition coefficient (Wildman–Crippen LogP) is 3.57. The first-order valence-electron chi connectivity index (χ1n) is 7.90. The number of halogens is 1. The molecule has 1 aromatic heterocycles. The summed E-state index contributed by atoms with van der Waals surface area (Å²) in [6.07, 6.45) is 0.193. The average molecular weight is 381 g/mol. The van der Waals surface area contributed by atoms with Gasteiger partial charge < -0.3 is 4.74 Å². The number of hydrogen-bond acceptors (Lipinski definition) is 4. The number of carbonyl (C=O) groups excluding carboxylic acids is 2. The molecule has 0 bridgehead atoms. The third-order valence-corrected chi connectivity index (χ3v) is 4.59. The third kappa shape index (κ3) is 5.76. The summed E-state index contributed by atoms with van der Waals surface area (Å²) in [6.45, 7) is 5.36. The van der Waals surface area contributed by atoms with Gasteiger partial charge in [-0.15, -0.1) is 0 Å². The number of carbonyl (C=O) groups is 2. The Morgan fingerprint density at radius 1 is 1.24 bits per heavy atom. The summed E-state index contributed by atoms with van der Waals surface area (Å²) >= 11 is 7.58. The van der Waals surface area contributed by atoms with Gasteiger partial charge in [0.25, 0.3) is 5.91 Å².